The summed E-state index contributed by atoms with van der Waals surface area (Å²) in [6, 6.07) is 0. The van der Waals surface area contributed by atoms with E-state index in [1.165, 1.54) is 7.11 Å². The van der Waals surface area contributed by atoms with Gasteiger partial charge in [-0.15, -0.1) is 6.58 Å². The number of amides is 1. The maximum absolute atomic E-state index is 11.1. The van der Waals surface area contributed by atoms with Crippen molar-refractivity contribution in [3.8, 4) is 0 Å². The summed E-state index contributed by atoms with van der Waals surface area (Å²) in [5.41, 5.74) is 4.41. The van der Waals surface area contributed by atoms with Gasteiger partial charge in [-0.2, -0.15) is 0 Å². The number of carbonyl (C=O) groups excluding carboxylic acids is 1. The van der Waals surface area contributed by atoms with E-state index in [0.717, 1.165) is 0 Å². The molecule has 5 heteroatoms. The first-order valence-corrected chi connectivity index (χ1v) is 5.56. The van der Waals surface area contributed by atoms with Gasteiger partial charge in [0.05, 0.1) is 6.42 Å². The van der Waals surface area contributed by atoms with Crippen LogP contribution in [0.25, 0.3) is 0 Å². The highest BCUT2D eigenvalue weighted by atomic mass is 16.8. The van der Waals surface area contributed by atoms with Gasteiger partial charge in [-0.25, -0.2) is 0 Å². The Morgan fingerprint density at radius 1 is 1.59 bits per heavy atom. The van der Waals surface area contributed by atoms with Crippen LogP contribution in [0, 0.1) is 0 Å². The van der Waals surface area contributed by atoms with Gasteiger partial charge < -0.3 is 19.9 Å². The van der Waals surface area contributed by atoms with Crippen molar-refractivity contribution < 1.29 is 19.0 Å². The van der Waals surface area contributed by atoms with Crippen LogP contribution in [0.15, 0.2) is 12.7 Å². The third-order valence-electron chi connectivity index (χ3n) is 2.95. The molecule has 98 valence electrons. The number of hydrogen-bond acceptors (Lipinski definition) is 4. The maximum Gasteiger partial charge on any atom is 0.220 e. The van der Waals surface area contributed by atoms with Gasteiger partial charge >= 0.3 is 0 Å². The van der Waals surface area contributed by atoms with Crippen molar-refractivity contribution in [3.63, 3.8) is 0 Å². The monoisotopic (exact) mass is 243 g/mol. The SMILES string of the molecule is C=CC1OC(C)(C)OC1C(C)(CC(N)=O)OC. The fraction of sp³-hybridized carbons (Fsp3) is 0.750. The summed E-state index contributed by atoms with van der Waals surface area (Å²) in [5, 5.41) is 0. The molecule has 17 heavy (non-hydrogen) atoms. The molecule has 0 aromatic carbocycles. The second-order valence-electron chi connectivity index (χ2n) is 4.92. The molecule has 0 aliphatic carbocycles. The number of carbonyl (C=O) groups is 1. The topological polar surface area (TPSA) is 70.8 Å². The van der Waals surface area contributed by atoms with E-state index >= 15 is 0 Å². The van der Waals surface area contributed by atoms with Crippen molar-refractivity contribution in [2.45, 2.75) is 50.8 Å². The number of hydrogen-bond donors (Lipinski definition) is 1. The summed E-state index contributed by atoms with van der Waals surface area (Å²) >= 11 is 0. The van der Waals surface area contributed by atoms with Crippen molar-refractivity contribution in [2.24, 2.45) is 5.73 Å². The summed E-state index contributed by atoms with van der Waals surface area (Å²) in [7, 11) is 1.53. The van der Waals surface area contributed by atoms with Crippen LogP contribution in [-0.2, 0) is 19.0 Å². The van der Waals surface area contributed by atoms with Gasteiger partial charge in [0.15, 0.2) is 5.79 Å². The lowest BCUT2D eigenvalue weighted by Crippen LogP contribution is -2.49. The fourth-order valence-electron chi connectivity index (χ4n) is 2.07. The molecule has 0 aromatic rings. The number of methoxy groups -OCH3 is 1. The van der Waals surface area contributed by atoms with Crippen LogP contribution in [0.3, 0.4) is 0 Å². The second-order valence-corrected chi connectivity index (χ2v) is 4.92. The molecule has 1 aliphatic heterocycles. The predicted molar refractivity (Wildman–Crippen MR) is 63.2 cm³/mol. The Hall–Kier alpha value is -0.910. The van der Waals surface area contributed by atoms with Gasteiger partial charge in [0.25, 0.3) is 0 Å². The Morgan fingerprint density at radius 2 is 2.18 bits per heavy atom. The molecule has 1 aliphatic rings. The Balaban J connectivity index is 2.94. The molecule has 1 saturated heterocycles. The Labute approximate surface area is 102 Å². The van der Waals surface area contributed by atoms with Crippen molar-refractivity contribution in [1.82, 2.24) is 0 Å². The lowest BCUT2D eigenvalue weighted by Gasteiger charge is -2.34. The standard InChI is InChI=1S/C12H21NO4/c1-6-8-10(17-11(2,3)16-8)12(4,15-5)7-9(13)14/h6,8,10H,1,7H2,2-5H3,(H2,13,14). The predicted octanol–water partition coefficient (Wildman–Crippen LogP) is 0.973. The lowest BCUT2D eigenvalue weighted by molar-refractivity contribution is -0.176. The van der Waals surface area contributed by atoms with Crippen molar-refractivity contribution in [1.29, 1.82) is 0 Å². The van der Waals surface area contributed by atoms with Crippen LogP contribution in [-0.4, -0.2) is 36.6 Å². The smallest absolute Gasteiger partial charge is 0.220 e. The molecule has 0 saturated carbocycles. The van der Waals surface area contributed by atoms with Crippen molar-refractivity contribution in [3.05, 3.63) is 12.7 Å². The highest BCUT2D eigenvalue weighted by Gasteiger charge is 2.50. The second kappa shape index (κ2) is 4.76. The highest BCUT2D eigenvalue weighted by Crippen LogP contribution is 2.37. The van der Waals surface area contributed by atoms with Crippen LogP contribution in [0.2, 0.25) is 0 Å². The first kappa shape index (κ1) is 14.2. The van der Waals surface area contributed by atoms with E-state index in [9.17, 15) is 4.79 Å². The Bertz CT molecular complexity index is 316. The van der Waals surface area contributed by atoms with Gasteiger partial charge in [-0.1, -0.05) is 6.08 Å². The van der Waals surface area contributed by atoms with Gasteiger partial charge in [0, 0.05) is 7.11 Å². The van der Waals surface area contributed by atoms with Gasteiger partial charge in [-0.05, 0) is 20.8 Å². The van der Waals surface area contributed by atoms with E-state index in [4.69, 9.17) is 19.9 Å². The van der Waals surface area contributed by atoms with Crippen LogP contribution in [0.4, 0.5) is 0 Å². The van der Waals surface area contributed by atoms with E-state index in [1.807, 2.05) is 13.8 Å². The van der Waals surface area contributed by atoms with Gasteiger partial charge in [0.2, 0.25) is 5.91 Å². The first-order chi connectivity index (χ1) is 7.74. The average molecular weight is 243 g/mol. The molecule has 3 unspecified atom stereocenters. The molecular weight excluding hydrogens is 222 g/mol. The summed E-state index contributed by atoms with van der Waals surface area (Å²) < 4.78 is 16.9. The number of ether oxygens (including phenoxy) is 3. The largest absolute Gasteiger partial charge is 0.375 e. The number of nitrogens with two attached hydrogens (primary N) is 1. The number of primary amides is 1. The molecular formula is C12H21NO4. The third-order valence-corrected chi connectivity index (χ3v) is 2.95. The van der Waals surface area contributed by atoms with Gasteiger partial charge in [-0.3, -0.25) is 4.79 Å². The molecule has 5 nitrogen and oxygen atoms in total. The van der Waals surface area contributed by atoms with E-state index in [2.05, 4.69) is 6.58 Å². The number of rotatable bonds is 5. The maximum atomic E-state index is 11.1. The molecule has 0 radical (unpaired) electrons. The Kier molecular flexibility index (Phi) is 3.96. The molecule has 0 bridgehead atoms. The lowest BCUT2D eigenvalue weighted by atomic mass is 9.90. The molecule has 0 aromatic heterocycles. The van der Waals surface area contributed by atoms with E-state index in [-0.39, 0.29) is 12.5 Å². The van der Waals surface area contributed by atoms with E-state index in [1.54, 1.807) is 13.0 Å². The molecule has 0 spiro atoms. The first-order valence-electron chi connectivity index (χ1n) is 5.56. The third kappa shape index (κ3) is 3.06. The minimum atomic E-state index is -0.821. The van der Waals surface area contributed by atoms with Crippen molar-refractivity contribution in [2.75, 3.05) is 7.11 Å². The summed E-state index contributed by atoms with van der Waals surface area (Å²) in [4.78, 5) is 11.1. The van der Waals surface area contributed by atoms with Gasteiger partial charge in [0.1, 0.15) is 17.8 Å². The molecule has 2 N–H and O–H groups in total. The van der Waals surface area contributed by atoms with E-state index < -0.39 is 23.4 Å². The zero-order valence-electron chi connectivity index (χ0n) is 10.9. The quantitative estimate of drug-likeness (QED) is 0.730. The fourth-order valence-corrected chi connectivity index (χ4v) is 2.07. The van der Waals surface area contributed by atoms with Crippen LogP contribution < -0.4 is 5.73 Å². The van der Waals surface area contributed by atoms with Crippen molar-refractivity contribution >= 4 is 5.91 Å². The summed E-state index contributed by atoms with van der Waals surface area (Å²) in [6.45, 7) is 9.11. The molecule has 1 amide bonds. The molecule has 1 heterocycles. The highest BCUT2D eigenvalue weighted by molar-refractivity contribution is 5.75. The zero-order chi connectivity index (χ0) is 13.3. The van der Waals surface area contributed by atoms with Crippen LogP contribution in [0.5, 0.6) is 0 Å². The minimum Gasteiger partial charge on any atom is -0.375 e. The average Bonchev–Trinajstić information content (AvgIpc) is 2.53. The molecule has 1 rings (SSSR count). The normalized spacial score (nSPS) is 30.8. The van der Waals surface area contributed by atoms with Crippen LogP contribution >= 0.6 is 0 Å². The molecule has 3 atom stereocenters. The Morgan fingerprint density at radius 3 is 2.59 bits per heavy atom. The van der Waals surface area contributed by atoms with E-state index in [0.29, 0.717) is 0 Å². The zero-order valence-corrected chi connectivity index (χ0v) is 10.9. The molecule has 1 fully saturated rings. The van der Waals surface area contributed by atoms with Crippen LogP contribution in [0.1, 0.15) is 27.2 Å². The minimum absolute atomic E-state index is 0.0674. The summed E-state index contributed by atoms with van der Waals surface area (Å²) in [6.07, 6.45) is 0.983. The summed E-state index contributed by atoms with van der Waals surface area (Å²) in [5.74, 6) is -1.16.